The van der Waals surface area contributed by atoms with Gasteiger partial charge in [-0.25, -0.2) is 0 Å². The van der Waals surface area contributed by atoms with Crippen LogP contribution >= 0.6 is 0 Å². The van der Waals surface area contributed by atoms with Crippen molar-refractivity contribution < 1.29 is 9.59 Å². The first-order valence-corrected chi connectivity index (χ1v) is 14.1. The van der Waals surface area contributed by atoms with Crippen LogP contribution in [0.1, 0.15) is 33.4 Å². The Morgan fingerprint density at radius 1 is 1.00 bits per heavy atom. The Hall–Kier alpha value is -5.04. The Bertz CT molecular complexity index is 1790. The first-order chi connectivity index (χ1) is 20.4. The number of pyridine rings is 1. The molecule has 2 N–H and O–H groups in total. The standard InChI is InChI=1S/C35H33N5O2/c1-21-5-7-23(8-6-21)33-27(14-16-41)22(2)34-35-28(33)10-12-31(40(35)20-32(42)39(34)4)25-13-15-38-30(18-25)24-9-11-29(37-3)26(17-24)19-36/h5-9,11-13,15-19,36-37H,10,14,20H2,1-4H3. The summed E-state index contributed by atoms with van der Waals surface area (Å²) < 4.78 is 0. The van der Waals surface area contributed by atoms with Crippen molar-refractivity contribution >= 4 is 41.2 Å². The number of aryl methyl sites for hydroxylation is 1. The van der Waals surface area contributed by atoms with Crippen molar-refractivity contribution in [2.45, 2.75) is 26.7 Å². The highest BCUT2D eigenvalue weighted by Crippen LogP contribution is 2.51. The van der Waals surface area contributed by atoms with E-state index < -0.39 is 0 Å². The smallest absolute Gasteiger partial charge is 0.246 e. The van der Waals surface area contributed by atoms with Crippen molar-refractivity contribution in [3.8, 4) is 22.4 Å². The zero-order valence-corrected chi connectivity index (χ0v) is 24.3. The summed E-state index contributed by atoms with van der Waals surface area (Å²) in [4.78, 5) is 33.8. The number of aromatic nitrogens is 1. The summed E-state index contributed by atoms with van der Waals surface area (Å²) >= 11 is 0. The second-order valence-electron chi connectivity index (χ2n) is 10.8. The van der Waals surface area contributed by atoms with Crippen molar-refractivity contribution in [1.82, 2.24) is 4.98 Å². The minimum absolute atomic E-state index is 0.00273. The summed E-state index contributed by atoms with van der Waals surface area (Å²) in [6, 6.07) is 18.4. The van der Waals surface area contributed by atoms with Gasteiger partial charge in [0, 0.05) is 61.0 Å². The largest absolute Gasteiger partial charge is 0.388 e. The molecule has 0 radical (unpaired) electrons. The van der Waals surface area contributed by atoms with Gasteiger partial charge in [0.2, 0.25) is 5.91 Å². The number of benzene rings is 3. The molecule has 3 aromatic carbocycles. The Kier molecular flexibility index (Phi) is 6.94. The van der Waals surface area contributed by atoms with Gasteiger partial charge in [-0.1, -0.05) is 42.0 Å². The first kappa shape index (κ1) is 27.1. The van der Waals surface area contributed by atoms with Gasteiger partial charge in [0.05, 0.1) is 17.1 Å². The molecule has 42 heavy (non-hydrogen) atoms. The Morgan fingerprint density at radius 3 is 2.48 bits per heavy atom. The van der Waals surface area contributed by atoms with E-state index in [1.165, 1.54) is 11.8 Å². The van der Waals surface area contributed by atoms with Gasteiger partial charge in [-0.15, -0.1) is 0 Å². The summed E-state index contributed by atoms with van der Waals surface area (Å²) in [6.45, 7) is 4.31. The molecule has 0 spiro atoms. The van der Waals surface area contributed by atoms with E-state index in [0.717, 1.165) is 79.2 Å². The topological polar surface area (TPSA) is 89.4 Å². The zero-order valence-electron chi connectivity index (χ0n) is 24.3. The van der Waals surface area contributed by atoms with E-state index in [-0.39, 0.29) is 18.9 Å². The summed E-state index contributed by atoms with van der Waals surface area (Å²) in [5.74, 6) is -0.00273. The van der Waals surface area contributed by atoms with E-state index in [1.807, 2.05) is 45.3 Å². The number of allylic oxidation sites excluding steroid dienone is 1. The van der Waals surface area contributed by atoms with Crippen LogP contribution in [0.2, 0.25) is 0 Å². The number of carbonyl (C=O) groups excluding carboxylic acids is 2. The van der Waals surface area contributed by atoms with Gasteiger partial charge in [-0.2, -0.15) is 0 Å². The van der Waals surface area contributed by atoms with Gasteiger partial charge in [-0.3, -0.25) is 9.78 Å². The van der Waals surface area contributed by atoms with Crippen LogP contribution in [0.5, 0.6) is 0 Å². The van der Waals surface area contributed by atoms with Crippen LogP contribution in [0.3, 0.4) is 0 Å². The van der Waals surface area contributed by atoms with Crippen molar-refractivity contribution in [3.63, 3.8) is 0 Å². The maximum absolute atomic E-state index is 13.4. The van der Waals surface area contributed by atoms with E-state index in [1.54, 1.807) is 11.1 Å². The van der Waals surface area contributed by atoms with E-state index >= 15 is 0 Å². The molecule has 210 valence electrons. The lowest BCUT2D eigenvalue weighted by Gasteiger charge is -2.43. The summed E-state index contributed by atoms with van der Waals surface area (Å²) in [5.41, 5.74) is 13.6. The summed E-state index contributed by atoms with van der Waals surface area (Å²) in [6.07, 6.45) is 7.23. The van der Waals surface area contributed by atoms with Gasteiger partial charge in [0.1, 0.15) is 12.8 Å². The molecule has 6 rings (SSSR count). The molecule has 2 aliphatic rings. The number of amides is 1. The highest BCUT2D eigenvalue weighted by atomic mass is 16.2. The molecule has 0 aliphatic carbocycles. The molecule has 1 aromatic heterocycles. The van der Waals surface area contributed by atoms with Gasteiger partial charge in [-0.05, 0) is 72.4 Å². The Morgan fingerprint density at radius 2 is 1.76 bits per heavy atom. The average molecular weight is 556 g/mol. The number of aldehydes is 1. The van der Waals surface area contributed by atoms with E-state index in [0.29, 0.717) is 6.42 Å². The molecule has 0 saturated carbocycles. The van der Waals surface area contributed by atoms with Crippen LogP contribution < -0.4 is 15.1 Å². The Balaban J connectivity index is 1.53. The number of hydrogen-bond acceptors (Lipinski definition) is 6. The molecular formula is C35H33N5O2. The third-order valence-electron chi connectivity index (χ3n) is 8.44. The van der Waals surface area contributed by atoms with Gasteiger partial charge < -0.3 is 25.3 Å². The lowest BCUT2D eigenvalue weighted by Crippen LogP contribution is -2.45. The minimum Gasteiger partial charge on any atom is -0.388 e. The molecule has 4 aromatic rings. The van der Waals surface area contributed by atoms with E-state index in [4.69, 9.17) is 5.41 Å². The first-order valence-electron chi connectivity index (χ1n) is 14.1. The average Bonchev–Trinajstić information content (AvgIpc) is 3.01. The normalized spacial score (nSPS) is 13.9. The SMILES string of the molecule is CNc1ccc(-c2cc(C3=CCc4c(-c5ccc(C)cc5)c(CC=O)c(C)c5c4N3CC(=O)N5C)ccn2)cc1C=N. The molecule has 3 heterocycles. The molecule has 7 heteroatoms. The van der Waals surface area contributed by atoms with Gasteiger partial charge in [0.25, 0.3) is 0 Å². The van der Waals surface area contributed by atoms with Crippen LogP contribution in [-0.2, 0) is 22.4 Å². The number of nitrogens with zero attached hydrogens (tertiary/aromatic N) is 3. The van der Waals surface area contributed by atoms with E-state index in [9.17, 15) is 9.59 Å². The molecule has 0 bridgehead atoms. The van der Waals surface area contributed by atoms with Crippen LogP contribution in [0.25, 0.3) is 28.1 Å². The third-order valence-corrected chi connectivity index (χ3v) is 8.44. The molecule has 2 aliphatic heterocycles. The molecular weight excluding hydrogens is 522 g/mol. The number of nitrogens with one attached hydrogen (secondary N) is 2. The van der Waals surface area contributed by atoms with E-state index in [2.05, 4.69) is 58.5 Å². The van der Waals surface area contributed by atoms with Crippen molar-refractivity contribution in [2.75, 3.05) is 35.8 Å². The second-order valence-corrected chi connectivity index (χ2v) is 10.8. The molecule has 0 fully saturated rings. The molecule has 0 atom stereocenters. The maximum Gasteiger partial charge on any atom is 0.246 e. The van der Waals surface area contributed by atoms with Crippen LogP contribution in [0.4, 0.5) is 17.1 Å². The second kappa shape index (κ2) is 10.7. The predicted octanol–water partition coefficient (Wildman–Crippen LogP) is 6.19. The third kappa shape index (κ3) is 4.38. The minimum atomic E-state index is -0.00273. The highest BCUT2D eigenvalue weighted by Gasteiger charge is 2.37. The monoisotopic (exact) mass is 555 g/mol. The predicted molar refractivity (Wildman–Crippen MR) is 171 cm³/mol. The zero-order chi connectivity index (χ0) is 29.5. The van der Waals surface area contributed by atoms with Crippen molar-refractivity contribution in [2.24, 2.45) is 0 Å². The number of likely N-dealkylation sites (N-methyl/N-ethyl adjacent to an activating group) is 1. The van der Waals surface area contributed by atoms with Crippen molar-refractivity contribution in [1.29, 1.82) is 5.41 Å². The molecule has 7 nitrogen and oxygen atoms in total. The number of anilines is 3. The van der Waals surface area contributed by atoms with Crippen molar-refractivity contribution in [3.05, 3.63) is 100 Å². The Labute approximate surface area is 246 Å². The van der Waals surface area contributed by atoms with Crippen LogP contribution in [0.15, 0.2) is 66.9 Å². The lowest BCUT2D eigenvalue weighted by molar-refractivity contribution is -0.117. The summed E-state index contributed by atoms with van der Waals surface area (Å²) in [5, 5.41) is 10.9. The highest BCUT2D eigenvalue weighted by molar-refractivity contribution is 6.11. The van der Waals surface area contributed by atoms with Crippen LogP contribution in [-0.4, -0.2) is 44.0 Å². The van der Waals surface area contributed by atoms with Gasteiger partial charge in [0.15, 0.2) is 0 Å². The molecule has 0 unspecified atom stereocenters. The fourth-order valence-corrected chi connectivity index (χ4v) is 6.31. The maximum atomic E-state index is 13.4. The molecule has 1 amide bonds. The quantitative estimate of drug-likeness (QED) is 0.210. The fourth-order valence-electron chi connectivity index (χ4n) is 6.31. The number of carbonyl (C=O) groups is 2. The van der Waals surface area contributed by atoms with Gasteiger partial charge >= 0.3 is 0 Å². The lowest BCUT2D eigenvalue weighted by atomic mass is 9.82. The molecule has 0 saturated heterocycles. The fraction of sp³-hybridized carbons (Fsp3) is 0.200. The number of rotatable bonds is 7. The summed E-state index contributed by atoms with van der Waals surface area (Å²) in [7, 11) is 3.67. The number of hydrogen-bond donors (Lipinski definition) is 2. The van der Waals surface area contributed by atoms with Crippen LogP contribution in [0, 0.1) is 19.3 Å².